The van der Waals surface area contributed by atoms with Gasteiger partial charge >= 0.3 is 0 Å². The van der Waals surface area contributed by atoms with Crippen molar-refractivity contribution in [1.82, 2.24) is 14.5 Å². The lowest BCUT2D eigenvalue weighted by Gasteiger charge is -2.19. The van der Waals surface area contributed by atoms with E-state index in [4.69, 9.17) is 9.72 Å². The number of rotatable bonds is 6. The fourth-order valence-corrected chi connectivity index (χ4v) is 4.01. The topological polar surface area (TPSA) is 59.4 Å². The fourth-order valence-electron chi connectivity index (χ4n) is 4.01. The van der Waals surface area contributed by atoms with Crippen LogP contribution in [-0.4, -0.2) is 40.1 Å². The number of aromatic nitrogens is 2. The van der Waals surface area contributed by atoms with Gasteiger partial charge in [-0.3, -0.25) is 9.69 Å². The highest BCUT2D eigenvalue weighted by molar-refractivity contribution is 5.94. The van der Waals surface area contributed by atoms with Gasteiger partial charge in [-0.2, -0.15) is 0 Å². The minimum absolute atomic E-state index is 0.0324. The predicted octanol–water partition coefficient (Wildman–Crippen LogP) is 4.48. The molecule has 0 bridgehead atoms. The van der Waals surface area contributed by atoms with Gasteiger partial charge in [-0.25, -0.2) is 4.98 Å². The zero-order valence-corrected chi connectivity index (χ0v) is 18.9. The quantitative estimate of drug-likeness (QED) is 0.639. The van der Waals surface area contributed by atoms with Crippen LogP contribution in [0.25, 0.3) is 11.0 Å². The molecule has 0 saturated carbocycles. The normalized spacial score (nSPS) is 14.8. The van der Waals surface area contributed by atoms with Gasteiger partial charge in [0.15, 0.2) is 6.61 Å². The number of nitrogens with zero attached hydrogens (tertiary/aromatic N) is 3. The van der Waals surface area contributed by atoms with Gasteiger partial charge in [0.2, 0.25) is 0 Å². The van der Waals surface area contributed by atoms with Gasteiger partial charge in [0.05, 0.1) is 17.6 Å². The van der Waals surface area contributed by atoms with Gasteiger partial charge in [-0.05, 0) is 67.2 Å². The summed E-state index contributed by atoms with van der Waals surface area (Å²) in [4.78, 5) is 19.6. The lowest BCUT2D eigenvalue weighted by Crippen LogP contribution is -2.20. The molecular formula is C25H32N4O2. The third-order valence-corrected chi connectivity index (χ3v) is 5.91. The fraction of sp³-hybridized carbons (Fsp3) is 0.440. The third-order valence-electron chi connectivity index (χ3n) is 5.91. The van der Waals surface area contributed by atoms with Crippen molar-refractivity contribution in [2.45, 2.75) is 45.6 Å². The van der Waals surface area contributed by atoms with Gasteiger partial charge in [0.25, 0.3) is 5.91 Å². The molecule has 0 spiro atoms. The number of hydrogen-bond acceptors (Lipinski definition) is 4. The first-order chi connectivity index (χ1) is 14.8. The molecular weight excluding hydrogens is 388 g/mol. The van der Waals surface area contributed by atoms with Crippen LogP contribution in [0.3, 0.4) is 0 Å². The monoisotopic (exact) mass is 420 g/mol. The highest BCUT2D eigenvalue weighted by Gasteiger charge is 2.16. The number of fused-ring (bicyclic) bond motifs is 1. The minimum Gasteiger partial charge on any atom is -0.484 e. The lowest BCUT2D eigenvalue weighted by atomic mass is 9.87. The second-order valence-electron chi connectivity index (χ2n) is 9.39. The number of anilines is 1. The van der Waals surface area contributed by atoms with Gasteiger partial charge in [-0.1, -0.05) is 32.9 Å². The van der Waals surface area contributed by atoms with Crippen LogP contribution in [0.2, 0.25) is 0 Å². The molecule has 0 radical (unpaired) electrons. The summed E-state index contributed by atoms with van der Waals surface area (Å²) in [6, 6.07) is 13.8. The van der Waals surface area contributed by atoms with E-state index in [2.05, 4.69) is 42.6 Å². The molecule has 1 saturated heterocycles. The molecule has 0 atom stereocenters. The van der Waals surface area contributed by atoms with Crippen molar-refractivity contribution in [3.05, 3.63) is 53.9 Å². The van der Waals surface area contributed by atoms with Crippen molar-refractivity contribution in [2.24, 2.45) is 7.05 Å². The maximum atomic E-state index is 12.4. The Morgan fingerprint density at radius 2 is 1.81 bits per heavy atom. The van der Waals surface area contributed by atoms with E-state index < -0.39 is 0 Å². The molecule has 0 unspecified atom stereocenters. The molecule has 4 rings (SSSR count). The first kappa shape index (κ1) is 21.4. The minimum atomic E-state index is -0.188. The van der Waals surface area contributed by atoms with E-state index in [1.807, 2.05) is 42.5 Å². The Morgan fingerprint density at radius 3 is 2.48 bits per heavy atom. The summed E-state index contributed by atoms with van der Waals surface area (Å²) in [6.07, 6.45) is 2.53. The van der Waals surface area contributed by atoms with Crippen LogP contribution in [0, 0.1) is 0 Å². The average Bonchev–Trinajstić information content (AvgIpc) is 3.34. The van der Waals surface area contributed by atoms with Crippen molar-refractivity contribution in [1.29, 1.82) is 0 Å². The Kier molecular flexibility index (Phi) is 6.01. The van der Waals surface area contributed by atoms with E-state index in [1.165, 1.54) is 18.4 Å². The second kappa shape index (κ2) is 8.71. The highest BCUT2D eigenvalue weighted by atomic mass is 16.5. The van der Waals surface area contributed by atoms with Crippen LogP contribution >= 0.6 is 0 Å². The molecule has 6 nitrogen and oxygen atoms in total. The first-order valence-electron chi connectivity index (χ1n) is 11.0. The van der Waals surface area contributed by atoms with Crippen LogP contribution in [0.15, 0.2) is 42.5 Å². The third kappa shape index (κ3) is 5.07. The molecule has 1 amide bonds. The molecule has 3 aromatic rings. The van der Waals surface area contributed by atoms with Crippen molar-refractivity contribution in [3.8, 4) is 5.75 Å². The molecule has 2 aromatic carbocycles. The maximum absolute atomic E-state index is 12.4. The smallest absolute Gasteiger partial charge is 0.262 e. The van der Waals surface area contributed by atoms with Gasteiger partial charge < -0.3 is 14.6 Å². The number of likely N-dealkylation sites (tertiary alicyclic amines) is 1. The molecule has 1 aromatic heterocycles. The predicted molar refractivity (Wildman–Crippen MR) is 124 cm³/mol. The summed E-state index contributed by atoms with van der Waals surface area (Å²) in [7, 11) is 2.05. The van der Waals surface area contributed by atoms with Crippen molar-refractivity contribution >= 4 is 22.6 Å². The molecule has 1 aliphatic rings. The highest BCUT2D eigenvalue weighted by Crippen LogP contribution is 2.24. The van der Waals surface area contributed by atoms with Crippen LogP contribution in [-0.2, 0) is 23.8 Å². The van der Waals surface area contributed by atoms with E-state index in [0.717, 1.165) is 42.2 Å². The molecule has 0 aliphatic carbocycles. The summed E-state index contributed by atoms with van der Waals surface area (Å²) in [5.74, 6) is 1.56. The number of nitrogens with one attached hydrogen (secondary N) is 1. The van der Waals surface area contributed by atoms with Crippen molar-refractivity contribution < 1.29 is 9.53 Å². The van der Waals surface area contributed by atoms with Crippen molar-refractivity contribution in [2.75, 3.05) is 25.0 Å². The molecule has 6 heteroatoms. The summed E-state index contributed by atoms with van der Waals surface area (Å²) in [6.45, 7) is 9.63. The number of ether oxygens (including phenoxy) is 1. The molecule has 2 heterocycles. The number of carbonyl (C=O) groups excluding carboxylic acids is 1. The summed E-state index contributed by atoms with van der Waals surface area (Å²) in [5.41, 5.74) is 4.02. The van der Waals surface area contributed by atoms with Crippen LogP contribution in [0.4, 0.5) is 5.69 Å². The summed E-state index contributed by atoms with van der Waals surface area (Å²) >= 11 is 0. The largest absolute Gasteiger partial charge is 0.484 e. The van der Waals surface area contributed by atoms with E-state index in [1.54, 1.807) is 0 Å². The number of carbonyl (C=O) groups is 1. The molecule has 1 aliphatic heterocycles. The number of imidazole rings is 1. The summed E-state index contributed by atoms with van der Waals surface area (Å²) in [5, 5.41) is 2.92. The van der Waals surface area contributed by atoms with E-state index in [0.29, 0.717) is 5.75 Å². The Hall–Kier alpha value is -2.86. The maximum Gasteiger partial charge on any atom is 0.262 e. The second-order valence-corrected chi connectivity index (χ2v) is 9.39. The average molecular weight is 421 g/mol. The number of amides is 1. The first-order valence-corrected chi connectivity index (χ1v) is 11.0. The standard InChI is InChI=1S/C25H32N4O2/c1-25(2,3)18-7-10-20(11-8-18)31-17-24(30)26-19-9-12-22-21(15-19)27-23(28(22)4)16-29-13-5-6-14-29/h7-12,15H,5-6,13-14,16-17H2,1-4H3,(H,26,30). The van der Waals surface area contributed by atoms with E-state index in [9.17, 15) is 4.79 Å². The van der Waals surface area contributed by atoms with Gasteiger partial charge in [0, 0.05) is 12.7 Å². The Bertz CT molecular complexity index is 1060. The zero-order chi connectivity index (χ0) is 22.0. The molecule has 31 heavy (non-hydrogen) atoms. The van der Waals surface area contributed by atoms with Crippen LogP contribution in [0.1, 0.15) is 45.0 Å². The number of benzene rings is 2. The number of aryl methyl sites for hydroxylation is 1. The zero-order valence-electron chi connectivity index (χ0n) is 18.9. The Morgan fingerprint density at radius 1 is 1.10 bits per heavy atom. The van der Waals surface area contributed by atoms with E-state index in [-0.39, 0.29) is 17.9 Å². The van der Waals surface area contributed by atoms with Crippen LogP contribution in [0.5, 0.6) is 5.75 Å². The van der Waals surface area contributed by atoms with E-state index >= 15 is 0 Å². The van der Waals surface area contributed by atoms with Crippen molar-refractivity contribution in [3.63, 3.8) is 0 Å². The summed E-state index contributed by atoms with van der Waals surface area (Å²) < 4.78 is 7.80. The molecule has 1 N–H and O–H groups in total. The lowest BCUT2D eigenvalue weighted by molar-refractivity contribution is -0.118. The van der Waals surface area contributed by atoms with Gasteiger partial charge in [0.1, 0.15) is 11.6 Å². The Balaban J connectivity index is 1.37. The molecule has 1 fully saturated rings. The Labute approximate surface area is 184 Å². The molecule has 164 valence electrons. The number of hydrogen-bond donors (Lipinski definition) is 1. The SMILES string of the molecule is Cn1c(CN2CCCC2)nc2cc(NC(=O)COc3ccc(C(C)(C)C)cc3)ccc21. The van der Waals surface area contributed by atoms with Gasteiger partial charge in [-0.15, -0.1) is 0 Å². The van der Waals surface area contributed by atoms with Crippen LogP contribution < -0.4 is 10.1 Å².